The molecule has 0 bridgehead atoms. The maximum absolute atomic E-state index is 13.5. The maximum atomic E-state index is 13.5. The molecule has 0 aliphatic carbocycles. The van der Waals surface area contributed by atoms with Crippen molar-refractivity contribution in [2.24, 2.45) is 0 Å². The molecule has 2 aliphatic heterocycles. The van der Waals surface area contributed by atoms with Gasteiger partial charge in [0.15, 0.2) is 14.1 Å². The number of hydrogen-bond acceptors (Lipinski definition) is 7. The topological polar surface area (TPSA) is 84.3 Å². The first-order valence-corrected chi connectivity index (χ1v) is 14.5. The molecule has 2 heterocycles. The lowest BCUT2D eigenvalue weighted by atomic mass is 10.0. The van der Waals surface area contributed by atoms with Gasteiger partial charge in [-0.1, -0.05) is 20.8 Å². The van der Waals surface area contributed by atoms with E-state index >= 15 is 0 Å². The van der Waals surface area contributed by atoms with Gasteiger partial charge in [-0.3, -0.25) is 4.90 Å². The molecule has 0 aromatic carbocycles. The summed E-state index contributed by atoms with van der Waals surface area (Å²) in [7, 11) is 1.58. The van der Waals surface area contributed by atoms with Crippen molar-refractivity contribution in [3.05, 3.63) is 11.8 Å². The number of hydrogen-bond donors (Lipinski definition) is 0. The first kappa shape index (κ1) is 27.6. The van der Waals surface area contributed by atoms with Crippen LogP contribution in [0.4, 0.5) is 4.79 Å². The van der Waals surface area contributed by atoms with Crippen LogP contribution in [0.1, 0.15) is 55.4 Å². The lowest BCUT2D eigenvalue weighted by Gasteiger charge is -2.40. The average Bonchev–Trinajstić information content (AvgIpc) is 3.05. The molecule has 2 fully saturated rings. The zero-order chi connectivity index (χ0) is 25.6. The molecule has 4 atom stereocenters. The fourth-order valence-electron chi connectivity index (χ4n) is 3.91. The highest BCUT2D eigenvalue weighted by atomic mass is 28.4. The number of nitrogens with zero attached hydrogens (tertiary/aromatic N) is 3. The minimum absolute atomic E-state index is 0.0100. The van der Waals surface area contributed by atoms with Gasteiger partial charge < -0.3 is 23.5 Å². The molecule has 8 nitrogen and oxygen atoms in total. The van der Waals surface area contributed by atoms with E-state index in [0.717, 1.165) is 0 Å². The van der Waals surface area contributed by atoms with E-state index in [-0.39, 0.29) is 11.6 Å². The van der Waals surface area contributed by atoms with E-state index in [2.05, 4.69) is 39.9 Å². The molecule has 2 saturated heterocycles. The summed E-state index contributed by atoms with van der Waals surface area (Å²) in [6.07, 6.45) is 0.272. The predicted octanol–water partition coefficient (Wildman–Crippen LogP) is 4.49. The lowest BCUT2D eigenvalue weighted by molar-refractivity contribution is -0.166. The van der Waals surface area contributed by atoms with Crippen molar-refractivity contribution in [1.29, 1.82) is 5.26 Å². The minimum Gasteiger partial charge on any atom is -0.444 e. The van der Waals surface area contributed by atoms with E-state index in [1.807, 2.05) is 48.7 Å². The van der Waals surface area contributed by atoms with Gasteiger partial charge in [0.2, 0.25) is 0 Å². The lowest BCUT2D eigenvalue weighted by Crippen LogP contribution is -2.52. The molecule has 0 aromatic heterocycles. The third kappa shape index (κ3) is 6.30. The van der Waals surface area contributed by atoms with E-state index < -0.39 is 50.1 Å². The van der Waals surface area contributed by atoms with Gasteiger partial charge >= 0.3 is 6.09 Å². The van der Waals surface area contributed by atoms with Crippen molar-refractivity contribution in [2.75, 3.05) is 20.7 Å². The highest BCUT2D eigenvalue weighted by molar-refractivity contribution is 6.74. The van der Waals surface area contributed by atoms with Gasteiger partial charge in [0.05, 0.1) is 24.3 Å². The molecule has 0 unspecified atom stereocenters. The molecular weight excluding hydrogens is 438 g/mol. The van der Waals surface area contributed by atoms with Crippen LogP contribution in [0, 0.1) is 11.3 Å². The summed E-state index contributed by atoms with van der Waals surface area (Å²) in [5, 5.41) is 10.0. The number of carbonyl (C=O) groups excluding carboxylic acids is 1. The Bertz CT molecular complexity index is 804. The SMILES string of the molecule is CN(C)C=C(C#N)[C@H]1[C@@H]2OC(C)(C)O[C@@H]2[C@@H](CO[Si](C)(C)C(C)(C)C)N1C(=O)OC(C)(C)C. The summed E-state index contributed by atoms with van der Waals surface area (Å²) < 4.78 is 24.9. The Hall–Kier alpha value is -1.60. The summed E-state index contributed by atoms with van der Waals surface area (Å²) in [5.74, 6) is -0.832. The quantitative estimate of drug-likeness (QED) is 0.423. The molecule has 2 aliphatic rings. The Morgan fingerprint density at radius 1 is 1.15 bits per heavy atom. The second-order valence-corrected chi connectivity index (χ2v) is 17.0. The van der Waals surface area contributed by atoms with Crippen molar-refractivity contribution in [3.8, 4) is 6.07 Å². The Labute approximate surface area is 200 Å². The highest BCUT2D eigenvalue weighted by Crippen LogP contribution is 2.44. The van der Waals surface area contributed by atoms with E-state index in [9.17, 15) is 10.1 Å². The van der Waals surface area contributed by atoms with Crippen LogP contribution < -0.4 is 0 Å². The second-order valence-electron chi connectivity index (χ2n) is 12.2. The summed E-state index contributed by atoms with van der Waals surface area (Å²) in [6.45, 7) is 20.4. The molecule has 0 N–H and O–H groups in total. The first-order valence-electron chi connectivity index (χ1n) is 11.6. The van der Waals surface area contributed by atoms with Crippen LogP contribution in [0.5, 0.6) is 0 Å². The number of ether oxygens (including phenoxy) is 3. The van der Waals surface area contributed by atoms with E-state index in [4.69, 9.17) is 18.6 Å². The van der Waals surface area contributed by atoms with Crippen molar-refractivity contribution >= 4 is 14.4 Å². The van der Waals surface area contributed by atoms with Crippen LogP contribution in [0.3, 0.4) is 0 Å². The van der Waals surface area contributed by atoms with Crippen molar-refractivity contribution in [1.82, 2.24) is 9.80 Å². The summed E-state index contributed by atoms with van der Waals surface area (Å²) in [6, 6.07) is 1.18. The Balaban J connectivity index is 2.55. The normalized spacial score (nSPS) is 27.8. The standard InChI is InChI=1S/C24H43N3O5Si/c1-22(2,3)32-21(28)27-17(15-29-33(11,12)23(4,5)6)19-20(31-24(7,8)30-19)18(27)16(13-25)14-26(9)10/h14,17-20H,15H2,1-12H3/t17-,18+,19-,20+/m1/s1. The Kier molecular flexibility index (Phi) is 7.72. The minimum atomic E-state index is -2.11. The summed E-state index contributed by atoms with van der Waals surface area (Å²) in [5.41, 5.74) is -0.277. The Morgan fingerprint density at radius 2 is 1.70 bits per heavy atom. The van der Waals surface area contributed by atoms with Crippen LogP contribution in [-0.2, 0) is 18.6 Å². The molecule has 1 amide bonds. The monoisotopic (exact) mass is 481 g/mol. The second kappa shape index (κ2) is 9.21. The smallest absolute Gasteiger partial charge is 0.411 e. The van der Waals surface area contributed by atoms with Crippen LogP contribution >= 0.6 is 0 Å². The molecule has 33 heavy (non-hydrogen) atoms. The van der Waals surface area contributed by atoms with E-state index in [0.29, 0.717) is 5.57 Å². The van der Waals surface area contributed by atoms with Gasteiger partial charge in [0.25, 0.3) is 0 Å². The molecule has 9 heteroatoms. The molecular formula is C24H43N3O5Si. The number of carbonyl (C=O) groups is 1. The van der Waals surface area contributed by atoms with Crippen molar-refractivity contribution in [2.45, 2.75) is 109 Å². The number of amides is 1. The van der Waals surface area contributed by atoms with E-state index in [1.54, 1.807) is 16.0 Å². The predicted molar refractivity (Wildman–Crippen MR) is 130 cm³/mol. The van der Waals surface area contributed by atoms with Crippen LogP contribution in [0.25, 0.3) is 0 Å². The van der Waals surface area contributed by atoms with Gasteiger partial charge in [-0.25, -0.2) is 4.79 Å². The van der Waals surface area contributed by atoms with E-state index in [1.165, 1.54) is 0 Å². The number of rotatable bonds is 5. The third-order valence-electron chi connectivity index (χ3n) is 6.38. The fraction of sp³-hybridized carbons (Fsp3) is 0.833. The largest absolute Gasteiger partial charge is 0.444 e. The Morgan fingerprint density at radius 3 is 2.15 bits per heavy atom. The van der Waals surface area contributed by atoms with Crippen LogP contribution in [0.2, 0.25) is 18.1 Å². The molecule has 188 valence electrons. The molecule has 2 rings (SSSR count). The third-order valence-corrected chi connectivity index (χ3v) is 10.9. The summed E-state index contributed by atoms with van der Waals surface area (Å²) >= 11 is 0. The molecule has 0 radical (unpaired) electrons. The maximum Gasteiger partial charge on any atom is 0.411 e. The number of likely N-dealkylation sites (tertiary alicyclic amines) is 1. The average molecular weight is 482 g/mol. The summed E-state index contributed by atoms with van der Waals surface area (Å²) in [4.78, 5) is 16.9. The fourth-order valence-corrected chi connectivity index (χ4v) is 4.93. The zero-order valence-corrected chi connectivity index (χ0v) is 23.5. The van der Waals surface area contributed by atoms with Crippen molar-refractivity contribution in [3.63, 3.8) is 0 Å². The first-order chi connectivity index (χ1) is 14.8. The van der Waals surface area contributed by atoms with Gasteiger partial charge in [-0.2, -0.15) is 5.26 Å². The van der Waals surface area contributed by atoms with Gasteiger partial charge in [0, 0.05) is 20.3 Å². The van der Waals surface area contributed by atoms with Gasteiger partial charge in [-0.05, 0) is 52.8 Å². The van der Waals surface area contributed by atoms with Gasteiger partial charge in [0.1, 0.15) is 23.9 Å². The number of nitriles is 1. The highest BCUT2D eigenvalue weighted by Gasteiger charge is 2.61. The van der Waals surface area contributed by atoms with Crippen LogP contribution in [0.15, 0.2) is 11.8 Å². The molecule has 0 aromatic rings. The number of fused-ring (bicyclic) bond motifs is 1. The van der Waals surface area contributed by atoms with Crippen LogP contribution in [-0.4, -0.2) is 80.6 Å². The van der Waals surface area contributed by atoms with Gasteiger partial charge in [-0.15, -0.1) is 0 Å². The zero-order valence-electron chi connectivity index (χ0n) is 22.5. The van der Waals surface area contributed by atoms with Crippen molar-refractivity contribution < 1.29 is 23.4 Å². The molecule has 0 spiro atoms. The molecule has 0 saturated carbocycles.